The van der Waals surface area contributed by atoms with Crippen molar-refractivity contribution >= 4 is 27.2 Å². The highest BCUT2D eigenvalue weighted by molar-refractivity contribution is 7.18. The van der Waals surface area contributed by atoms with Crippen LogP contribution in [-0.4, -0.2) is 19.6 Å². The van der Waals surface area contributed by atoms with Crippen LogP contribution in [0.4, 0.5) is 0 Å². The number of aryl methyl sites for hydroxylation is 3. The quantitative estimate of drug-likeness (QED) is 0.395. The van der Waals surface area contributed by atoms with Gasteiger partial charge >= 0.3 is 0 Å². The van der Waals surface area contributed by atoms with Gasteiger partial charge in [-0.2, -0.15) is 0 Å². The highest BCUT2D eigenvalue weighted by atomic mass is 32.1. The van der Waals surface area contributed by atoms with Crippen LogP contribution in [0.25, 0.3) is 27.4 Å². The van der Waals surface area contributed by atoms with Crippen LogP contribution in [0.3, 0.4) is 0 Å². The third kappa shape index (κ3) is 3.17. The maximum absolute atomic E-state index is 5.93. The van der Waals surface area contributed by atoms with Crippen LogP contribution in [-0.2, 0) is 13.0 Å². The number of fused-ring (bicyclic) bond motifs is 3. The Balaban J connectivity index is 1.40. The number of hydrogen-bond donors (Lipinski definition) is 0. The molecule has 4 aromatic heterocycles. The highest BCUT2D eigenvalue weighted by Gasteiger charge is 2.16. The summed E-state index contributed by atoms with van der Waals surface area (Å²) in [5.41, 5.74) is 3.29. The van der Waals surface area contributed by atoms with Crippen LogP contribution >= 0.6 is 11.3 Å². The average molecular weight is 404 g/mol. The number of benzene rings is 1. The van der Waals surface area contributed by atoms with E-state index in [2.05, 4.69) is 43.0 Å². The van der Waals surface area contributed by atoms with Crippen LogP contribution in [0.5, 0.6) is 5.75 Å². The summed E-state index contributed by atoms with van der Waals surface area (Å²) >= 11 is 1.68. The molecular weight excluding hydrogens is 384 g/mol. The molecule has 146 valence electrons. The molecule has 0 aliphatic rings. The Morgan fingerprint density at radius 1 is 1.10 bits per heavy atom. The molecule has 0 saturated carbocycles. The van der Waals surface area contributed by atoms with Gasteiger partial charge in [-0.25, -0.2) is 14.5 Å². The number of thiophene rings is 1. The Labute approximate surface area is 171 Å². The molecule has 0 unspecified atom stereocenters. The van der Waals surface area contributed by atoms with Crippen molar-refractivity contribution in [3.05, 3.63) is 64.5 Å². The normalized spacial score (nSPS) is 11.6. The molecule has 0 aliphatic heterocycles. The number of ether oxygens (including phenoxy) is 1. The molecule has 0 fully saturated rings. The van der Waals surface area contributed by atoms with Gasteiger partial charge in [-0.05, 0) is 55.7 Å². The van der Waals surface area contributed by atoms with E-state index < -0.39 is 0 Å². The maximum atomic E-state index is 5.93. The van der Waals surface area contributed by atoms with Crippen LogP contribution in [0.2, 0.25) is 0 Å². The lowest BCUT2D eigenvalue weighted by Crippen LogP contribution is -1.93. The lowest BCUT2D eigenvalue weighted by molar-refractivity contribution is 0.271. The van der Waals surface area contributed by atoms with Gasteiger partial charge in [0, 0.05) is 4.88 Å². The molecule has 0 amide bonds. The summed E-state index contributed by atoms with van der Waals surface area (Å²) in [5, 5.41) is 5.60. The molecule has 1 aromatic carbocycles. The Kier molecular flexibility index (Phi) is 4.32. The first kappa shape index (κ1) is 17.9. The summed E-state index contributed by atoms with van der Waals surface area (Å²) in [6.07, 6.45) is 2.72. The zero-order valence-electron chi connectivity index (χ0n) is 16.5. The van der Waals surface area contributed by atoms with Gasteiger partial charge in [0.15, 0.2) is 11.4 Å². The van der Waals surface area contributed by atoms with Gasteiger partial charge in [0.2, 0.25) is 5.82 Å². The van der Waals surface area contributed by atoms with E-state index >= 15 is 0 Å². The van der Waals surface area contributed by atoms with Gasteiger partial charge < -0.3 is 9.15 Å². The second-order valence-electron chi connectivity index (χ2n) is 6.96. The van der Waals surface area contributed by atoms with Gasteiger partial charge in [-0.3, -0.25) is 0 Å². The van der Waals surface area contributed by atoms with Gasteiger partial charge in [0.05, 0.1) is 5.39 Å². The minimum atomic E-state index is 0.355. The Hall–Kier alpha value is -3.19. The second-order valence-corrected chi connectivity index (χ2v) is 8.17. The van der Waals surface area contributed by atoms with Crippen LogP contribution in [0, 0.1) is 13.8 Å². The maximum Gasteiger partial charge on any atom is 0.217 e. The topological polar surface area (TPSA) is 65.5 Å². The zero-order chi connectivity index (χ0) is 20.0. The summed E-state index contributed by atoms with van der Waals surface area (Å²) in [7, 11) is 0. The fourth-order valence-corrected chi connectivity index (χ4v) is 4.29. The minimum absolute atomic E-state index is 0.355. The summed E-state index contributed by atoms with van der Waals surface area (Å²) in [4.78, 5) is 11.5. The molecule has 7 heteroatoms. The highest BCUT2D eigenvalue weighted by Crippen LogP contribution is 2.32. The minimum Gasteiger partial charge on any atom is -0.486 e. The average Bonchev–Trinajstić information content (AvgIpc) is 3.44. The molecule has 0 spiro atoms. The zero-order valence-corrected chi connectivity index (χ0v) is 17.3. The van der Waals surface area contributed by atoms with E-state index in [9.17, 15) is 0 Å². The van der Waals surface area contributed by atoms with Crippen molar-refractivity contribution in [1.29, 1.82) is 0 Å². The van der Waals surface area contributed by atoms with Gasteiger partial charge in [0.25, 0.3) is 0 Å². The van der Waals surface area contributed by atoms with Crippen molar-refractivity contribution < 1.29 is 9.15 Å². The Bertz CT molecular complexity index is 1310. The monoisotopic (exact) mass is 404 g/mol. The fourth-order valence-electron chi connectivity index (χ4n) is 3.30. The fraction of sp³-hybridized carbons (Fsp3) is 0.227. The summed E-state index contributed by atoms with van der Waals surface area (Å²) in [6.45, 7) is 6.69. The third-order valence-electron chi connectivity index (χ3n) is 5.10. The van der Waals surface area contributed by atoms with Crippen LogP contribution < -0.4 is 4.74 Å². The molecule has 4 heterocycles. The first-order chi connectivity index (χ1) is 14.1. The summed E-state index contributed by atoms with van der Waals surface area (Å²) < 4.78 is 13.5. The smallest absolute Gasteiger partial charge is 0.217 e. The van der Waals surface area contributed by atoms with Crippen LogP contribution in [0.1, 0.15) is 28.7 Å². The van der Waals surface area contributed by atoms with Gasteiger partial charge in [-0.15, -0.1) is 16.4 Å². The molecular formula is C22H20N4O2S. The predicted molar refractivity (Wildman–Crippen MR) is 113 cm³/mol. The van der Waals surface area contributed by atoms with Crippen molar-refractivity contribution in [2.75, 3.05) is 0 Å². The molecule has 0 bridgehead atoms. The molecule has 0 N–H and O–H groups in total. The molecule has 0 aliphatic carbocycles. The second kappa shape index (κ2) is 7.00. The SMILES string of the molecule is CCc1ccc(OCc2ccc(-c3nc4c5c(C)c(C)sc5ncn4n3)o2)cc1. The van der Waals surface area contributed by atoms with Crippen molar-refractivity contribution in [2.24, 2.45) is 0 Å². The van der Waals surface area contributed by atoms with Crippen molar-refractivity contribution in [2.45, 2.75) is 33.8 Å². The molecule has 5 aromatic rings. The molecule has 5 rings (SSSR count). The third-order valence-corrected chi connectivity index (χ3v) is 6.22. The lowest BCUT2D eigenvalue weighted by Gasteiger charge is -2.04. The molecule has 0 saturated heterocycles. The summed E-state index contributed by atoms with van der Waals surface area (Å²) in [6, 6.07) is 11.9. The standard InChI is InChI=1S/C22H20N4O2S/c1-4-15-5-7-16(8-6-15)27-11-17-9-10-18(28-17)20-24-21-19-13(2)14(3)29-22(19)23-12-26(21)25-20/h5-10,12H,4,11H2,1-3H3. The number of rotatable bonds is 5. The van der Waals surface area contributed by atoms with Gasteiger partial charge in [-0.1, -0.05) is 19.1 Å². The first-order valence-corrected chi connectivity index (χ1v) is 10.4. The predicted octanol–water partition coefficient (Wildman–Crippen LogP) is 5.36. The number of aromatic nitrogens is 4. The van der Waals surface area contributed by atoms with E-state index in [1.807, 2.05) is 24.3 Å². The van der Waals surface area contributed by atoms with E-state index in [-0.39, 0.29) is 0 Å². The van der Waals surface area contributed by atoms with E-state index in [0.717, 1.165) is 33.8 Å². The van der Waals surface area contributed by atoms with E-state index in [0.29, 0.717) is 18.2 Å². The number of furan rings is 1. The summed E-state index contributed by atoms with van der Waals surface area (Å²) in [5.74, 6) is 2.71. The first-order valence-electron chi connectivity index (χ1n) is 9.54. The van der Waals surface area contributed by atoms with Crippen molar-refractivity contribution in [3.63, 3.8) is 0 Å². The number of nitrogens with zero attached hydrogens (tertiary/aromatic N) is 4. The molecule has 0 atom stereocenters. The number of hydrogen-bond acceptors (Lipinski definition) is 6. The van der Waals surface area contributed by atoms with Crippen molar-refractivity contribution in [1.82, 2.24) is 19.6 Å². The largest absolute Gasteiger partial charge is 0.486 e. The van der Waals surface area contributed by atoms with Gasteiger partial charge in [0.1, 0.15) is 29.3 Å². The van der Waals surface area contributed by atoms with E-state index in [4.69, 9.17) is 14.1 Å². The Morgan fingerprint density at radius 2 is 1.93 bits per heavy atom. The van der Waals surface area contributed by atoms with E-state index in [1.54, 1.807) is 22.2 Å². The van der Waals surface area contributed by atoms with Crippen molar-refractivity contribution in [3.8, 4) is 17.3 Å². The lowest BCUT2D eigenvalue weighted by atomic mass is 10.2. The molecule has 0 radical (unpaired) electrons. The molecule has 29 heavy (non-hydrogen) atoms. The van der Waals surface area contributed by atoms with Crippen LogP contribution in [0.15, 0.2) is 47.1 Å². The Morgan fingerprint density at radius 3 is 2.72 bits per heavy atom. The van der Waals surface area contributed by atoms with E-state index in [1.165, 1.54) is 16.0 Å². The molecule has 6 nitrogen and oxygen atoms in total.